The van der Waals surface area contributed by atoms with Gasteiger partial charge in [0.25, 0.3) is 0 Å². The molecule has 5 heteroatoms. The number of hydrogen-bond donors (Lipinski definition) is 3. The van der Waals surface area contributed by atoms with Gasteiger partial charge in [0.1, 0.15) is 17.5 Å². The Balaban J connectivity index is 2.79. The molecule has 114 valence electrons. The topological polar surface area (TPSA) is 70.1 Å². The third-order valence-corrected chi connectivity index (χ3v) is 2.98. The SMILES string of the molecule is CCCNc1cc(NCC(C)(C)CO)nc(CCC)n1. The third kappa shape index (κ3) is 5.74. The Hall–Kier alpha value is -1.36. The summed E-state index contributed by atoms with van der Waals surface area (Å²) in [6, 6.07) is 1.93. The van der Waals surface area contributed by atoms with E-state index < -0.39 is 0 Å². The molecular formula is C15H28N4O. The molecule has 0 atom stereocenters. The fraction of sp³-hybridized carbons (Fsp3) is 0.733. The van der Waals surface area contributed by atoms with Crippen molar-refractivity contribution in [3.05, 3.63) is 11.9 Å². The number of nitrogens with one attached hydrogen (secondary N) is 2. The molecule has 0 aromatic carbocycles. The van der Waals surface area contributed by atoms with Gasteiger partial charge in [-0.25, -0.2) is 9.97 Å². The van der Waals surface area contributed by atoms with Crippen LogP contribution in [0, 0.1) is 5.41 Å². The zero-order valence-corrected chi connectivity index (χ0v) is 13.2. The zero-order chi connectivity index (χ0) is 15.0. The Kier molecular flexibility index (Phi) is 6.71. The van der Waals surface area contributed by atoms with Gasteiger partial charge in [0.05, 0.1) is 0 Å². The van der Waals surface area contributed by atoms with Crippen molar-refractivity contribution in [2.45, 2.75) is 47.0 Å². The van der Waals surface area contributed by atoms with Crippen LogP contribution in [0.25, 0.3) is 0 Å². The van der Waals surface area contributed by atoms with Gasteiger partial charge in [0.2, 0.25) is 0 Å². The molecule has 1 aromatic heterocycles. The van der Waals surface area contributed by atoms with Crippen molar-refractivity contribution in [1.82, 2.24) is 9.97 Å². The molecule has 0 aliphatic carbocycles. The average Bonchev–Trinajstić information content (AvgIpc) is 2.43. The standard InChI is InChI=1S/C15H28N4O/c1-5-7-12-18-13(16-8-6-2)9-14(19-12)17-10-15(3,4)11-20/h9,20H,5-8,10-11H2,1-4H3,(H2,16,17,18,19). The fourth-order valence-corrected chi connectivity index (χ4v) is 1.65. The van der Waals surface area contributed by atoms with Crippen molar-refractivity contribution in [2.75, 3.05) is 30.3 Å². The van der Waals surface area contributed by atoms with Crippen molar-refractivity contribution in [3.8, 4) is 0 Å². The first-order chi connectivity index (χ1) is 9.50. The van der Waals surface area contributed by atoms with E-state index in [0.717, 1.165) is 43.3 Å². The van der Waals surface area contributed by atoms with Gasteiger partial charge >= 0.3 is 0 Å². The van der Waals surface area contributed by atoms with Crippen LogP contribution in [0.3, 0.4) is 0 Å². The van der Waals surface area contributed by atoms with Crippen LogP contribution in [-0.4, -0.2) is 34.8 Å². The Morgan fingerprint density at radius 2 is 1.75 bits per heavy atom. The first-order valence-electron chi connectivity index (χ1n) is 7.47. The van der Waals surface area contributed by atoms with E-state index in [1.54, 1.807) is 0 Å². The lowest BCUT2D eigenvalue weighted by Crippen LogP contribution is -2.27. The molecule has 0 unspecified atom stereocenters. The molecule has 0 spiro atoms. The number of hydrogen-bond acceptors (Lipinski definition) is 5. The minimum Gasteiger partial charge on any atom is -0.396 e. The number of aryl methyl sites for hydroxylation is 1. The minimum absolute atomic E-state index is 0.147. The summed E-state index contributed by atoms with van der Waals surface area (Å²) in [5.41, 5.74) is -0.160. The normalized spacial score (nSPS) is 11.4. The molecule has 1 aromatic rings. The maximum Gasteiger partial charge on any atom is 0.133 e. The molecule has 0 amide bonds. The molecule has 0 fully saturated rings. The predicted molar refractivity (Wildman–Crippen MR) is 84.2 cm³/mol. The van der Waals surface area contributed by atoms with Gasteiger partial charge in [-0.2, -0.15) is 0 Å². The van der Waals surface area contributed by atoms with E-state index in [9.17, 15) is 5.11 Å². The quantitative estimate of drug-likeness (QED) is 0.649. The summed E-state index contributed by atoms with van der Waals surface area (Å²) < 4.78 is 0. The highest BCUT2D eigenvalue weighted by Crippen LogP contribution is 2.17. The lowest BCUT2D eigenvalue weighted by molar-refractivity contribution is 0.170. The second kappa shape index (κ2) is 8.04. The molecule has 1 rings (SSSR count). The highest BCUT2D eigenvalue weighted by atomic mass is 16.3. The predicted octanol–water partition coefficient (Wildman–Crippen LogP) is 2.68. The molecule has 0 saturated carbocycles. The second-order valence-corrected chi connectivity index (χ2v) is 5.91. The van der Waals surface area contributed by atoms with Crippen LogP contribution >= 0.6 is 0 Å². The molecule has 20 heavy (non-hydrogen) atoms. The van der Waals surface area contributed by atoms with Crippen LogP contribution in [0.4, 0.5) is 11.6 Å². The third-order valence-electron chi connectivity index (χ3n) is 2.98. The average molecular weight is 280 g/mol. The van der Waals surface area contributed by atoms with E-state index in [4.69, 9.17) is 0 Å². The van der Waals surface area contributed by atoms with E-state index in [2.05, 4.69) is 34.4 Å². The summed E-state index contributed by atoms with van der Waals surface area (Å²) in [5, 5.41) is 15.9. The molecule has 0 aliphatic rings. The van der Waals surface area contributed by atoms with Crippen LogP contribution in [0.5, 0.6) is 0 Å². The van der Waals surface area contributed by atoms with E-state index >= 15 is 0 Å². The summed E-state index contributed by atoms with van der Waals surface area (Å²) >= 11 is 0. The minimum atomic E-state index is -0.160. The number of anilines is 2. The van der Waals surface area contributed by atoms with Crippen molar-refractivity contribution in [3.63, 3.8) is 0 Å². The van der Waals surface area contributed by atoms with E-state index in [0.29, 0.717) is 6.54 Å². The first-order valence-corrected chi connectivity index (χ1v) is 7.47. The van der Waals surface area contributed by atoms with Crippen LogP contribution in [0.15, 0.2) is 6.07 Å². The monoisotopic (exact) mass is 280 g/mol. The molecule has 0 aliphatic heterocycles. The lowest BCUT2D eigenvalue weighted by atomic mass is 9.95. The highest BCUT2D eigenvalue weighted by Gasteiger charge is 2.16. The van der Waals surface area contributed by atoms with Crippen LogP contribution in [0.2, 0.25) is 0 Å². The Morgan fingerprint density at radius 3 is 2.30 bits per heavy atom. The molecule has 0 radical (unpaired) electrons. The highest BCUT2D eigenvalue weighted by molar-refractivity contribution is 5.47. The molecule has 1 heterocycles. The number of nitrogens with zero attached hydrogens (tertiary/aromatic N) is 2. The van der Waals surface area contributed by atoms with Crippen LogP contribution in [0.1, 0.15) is 46.4 Å². The molecule has 3 N–H and O–H groups in total. The summed E-state index contributed by atoms with van der Waals surface area (Å²) in [6.45, 7) is 10.0. The molecular weight excluding hydrogens is 252 g/mol. The van der Waals surface area contributed by atoms with Gasteiger partial charge in [-0.05, 0) is 12.8 Å². The van der Waals surface area contributed by atoms with Gasteiger partial charge in [0.15, 0.2) is 0 Å². The zero-order valence-electron chi connectivity index (χ0n) is 13.2. The number of aromatic nitrogens is 2. The van der Waals surface area contributed by atoms with Crippen LogP contribution < -0.4 is 10.6 Å². The fourth-order valence-electron chi connectivity index (χ4n) is 1.65. The number of aliphatic hydroxyl groups is 1. The van der Waals surface area contributed by atoms with Crippen molar-refractivity contribution in [2.24, 2.45) is 5.41 Å². The lowest BCUT2D eigenvalue weighted by Gasteiger charge is -2.22. The largest absolute Gasteiger partial charge is 0.396 e. The van der Waals surface area contributed by atoms with Gasteiger partial charge in [-0.3, -0.25) is 0 Å². The number of aliphatic hydroxyl groups excluding tert-OH is 1. The van der Waals surface area contributed by atoms with E-state index in [1.807, 2.05) is 19.9 Å². The van der Waals surface area contributed by atoms with Crippen LogP contribution in [-0.2, 0) is 6.42 Å². The summed E-state index contributed by atoms with van der Waals surface area (Å²) in [7, 11) is 0. The van der Waals surface area contributed by atoms with Crippen molar-refractivity contribution in [1.29, 1.82) is 0 Å². The molecule has 5 nitrogen and oxygen atoms in total. The maximum atomic E-state index is 9.30. The summed E-state index contributed by atoms with van der Waals surface area (Å²) in [6.07, 6.45) is 2.96. The van der Waals surface area contributed by atoms with E-state index in [-0.39, 0.29) is 12.0 Å². The maximum absolute atomic E-state index is 9.30. The van der Waals surface area contributed by atoms with E-state index in [1.165, 1.54) is 0 Å². The van der Waals surface area contributed by atoms with Crippen molar-refractivity contribution >= 4 is 11.6 Å². The number of rotatable bonds is 9. The summed E-state index contributed by atoms with van der Waals surface area (Å²) in [5.74, 6) is 2.55. The van der Waals surface area contributed by atoms with Gasteiger partial charge in [0, 0.05) is 37.6 Å². The molecule has 0 saturated heterocycles. The van der Waals surface area contributed by atoms with Crippen molar-refractivity contribution < 1.29 is 5.11 Å². The van der Waals surface area contributed by atoms with Gasteiger partial charge in [-0.1, -0.05) is 27.7 Å². The molecule has 0 bridgehead atoms. The van der Waals surface area contributed by atoms with Gasteiger partial charge in [-0.15, -0.1) is 0 Å². The first kappa shape index (κ1) is 16.7. The Morgan fingerprint density at radius 1 is 1.10 bits per heavy atom. The smallest absolute Gasteiger partial charge is 0.133 e. The summed E-state index contributed by atoms with van der Waals surface area (Å²) in [4.78, 5) is 9.04. The van der Waals surface area contributed by atoms with Gasteiger partial charge < -0.3 is 15.7 Å². The Bertz CT molecular complexity index is 407. The Labute approximate surface area is 122 Å². The second-order valence-electron chi connectivity index (χ2n) is 5.91.